The van der Waals surface area contributed by atoms with Gasteiger partial charge in [0.05, 0.1) is 12.1 Å². The average Bonchev–Trinajstić information content (AvgIpc) is 2.16. The van der Waals surface area contributed by atoms with E-state index in [0.717, 1.165) is 5.57 Å². The number of hydrogen-bond donors (Lipinski definition) is 2. The first-order chi connectivity index (χ1) is 7.53. The normalized spacial score (nSPS) is 29.8. The zero-order valence-corrected chi connectivity index (χ0v) is 11.8. The molecule has 1 aliphatic carbocycles. The van der Waals surface area contributed by atoms with Crippen molar-refractivity contribution in [1.29, 1.82) is 0 Å². The molecule has 0 bridgehead atoms. The summed E-state index contributed by atoms with van der Waals surface area (Å²) >= 11 is 0. The van der Waals surface area contributed by atoms with Crippen molar-refractivity contribution < 1.29 is 9.90 Å². The molecule has 0 saturated heterocycles. The Bertz CT molecular complexity index is 337. The third-order valence-electron chi connectivity index (χ3n) is 3.23. The van der Waals surface area contributed by atoms with Crippen LogP contribution in [0, 0.1) is 5.41 Å². The average molecular weight is 239 g/mol. The second-order valence-electron chi connectivity index (χ2n) is 6.80. The second-order valence-corrected chi connectivity index (χ2v) is 6.80. The van der Waals surface area contributed by atoms with Crippen molar-refractivity contribution in [3.63, 3.8) is 0 Å². The lowest BCUT2D eigenvalue weighted by atomic mass is 9.79. The number of nitrogens with one attached hydrogen (secondary N) is 1. The number of allylic oxidation sites excluding steroid dienone is 1. The van der Waals surface area contributed by atoms with Crippen LogP contribution in [-0.4, -0.2) is 28.6 Å². The summed E-state index contributed by atoms with van der Waals surface area (Å²) in [6, 6.07) is -0.170. The predicted octanol–water partition coefficient (Wildman–Crippen LogP) is 2.05. The van der Waals surface area contributed by atoms with Gasteiger partial charge in [-0.3, -0.25) is 4.79 Å². The molecule has 0 heterocycles. The molecule has 17 heavy (non-hydrogen) atoms. The molecular weight excluding hydrogens is 214 g/mol. The summed E-state index contributed by atoms with van der Waals surface area (Å²) in [5, 5.41) is 13.8. The second kappa shape index (κ2) is 4.54. The largest absolute Gasteiger partial charge is 0.391 e. The molecule has 2 unspecified atom stereocenters. The fourth-order valence-corrected chi connectivity index (χ4v) is 2.22. The number of rotatable bonds is 1. The van der Waals surface area contributed by atoms with Gasteiger partial charge in [0.2, 0.25) is 0 Å². The van der Waals surface area contributed by atoms with Crippen molar-refractivity contribution >= 4 is 5.78 Å². The summed E-state index contributed by atoms with van der Waals surface area (Å²) in [6.07, 6.45) is 1.72. The highest BCUT2D eigenvalue weighted by Crippen LogP contribution is 2.33. The van der Waals surface area contributed by atoms with Crippen LogP contribution in [0.5, 0.6) is 0 Å². The van der Waals surface area contributed by atoms with Gasteiger partial charge in [-0.2, -0.15) is 0 Å². The van der Waals surface area contributed by atoms with Crippen molar-refractivity contribution in [2.45, 2.75) is 65.6 Å². The monoisotopic (exact) mass is 239 g/mol. The molecule has 2 atom stereocenters. The van der Waals surface area contributed by atoms with Crippen LogP contribution in [0.1, 0.15) is 48.0 Å². The van der Waals surface area contributed by atoms with Crippen molar-refractivity contribution in [3.05, 3.63) is 11.6 Å². The Morgan fingerprint density at radius 3 is 2.41 bits per heavy atom. The van der Waals surface area contributed by atoms with Crippen LogP contribution in [0.25, 0.3) is 0 Å². The van der Waals surface area contributed by atoms with E-state index in [1.54, 1.807) is 0 Å². The summed E-state index contributed by atoms with van der Waals surface area (Å²) < 4.78 is 0. The Hall–Kier alpha value is -0.670. The van der Waals surface area contributed by atoms with Gasteiger partial charge in [0.25, 0.3) is 0 Å². The highest BCUT2D eigenvalue weighted by molar-refractivity contribution is 5.95. The Labute approximate surface area is 104 Å². The molecule has 0 aromatic carbocycles. The summed E-state index contributed by atoms with van der Waals surface area (Å²) in [5.41, 5.74) is 0.261. The zero-order chi connectivity index (χ0) is 13.4. The van der Waals surface area contributed by atoms with E-state index < -0.39 is 11.5 Å². The van der Waals surface area contributed by atoms with Gasteiger partial charge in [0.15, 0.2) is 5.78 Å². The van der Waals surface area contributed by atoms with Crippen LogP contribution < -0.4 is 5.32 Å². The lowest BCUT2D eigenvalue weighted by Gasteiger charge is -2.36. The minimum Gasteiger partial charge on any atom is -0.391 e. The lowest BCUT2D eigenvalue weighted by Crippen LogP contribution is -2.52. The molecule has 0 amide bonds. The number of Topliss-reactive ketones (excluding diaryl/α,β-unsaturated/α-hetero) is 1. The number of ketones is 1. The number of aliphatic hydroxyl groups is 1. The maximum Gasteiger partial charge on any atom is 0.158 e. The van der Waals surface area contributed by atoms with Crippen LogP contribution in [0.4, 0.5) is 0 Å². The van der Waals surface area contributed by atoms with E-state index in [4.69, 9.17) is 0 Å². The fourth-order valence-electron chi connectivity index (χ4n) is 2.22. The van der Waals surface area contributed by atoms with Crippen LogP contribution in [0.15, 0.2) is 11.6 Å². The van der Waals surface area contributed by atoms with E-state index in [9.17, 15) is 9.90 Å². The van der Waals surface area contributed by atoms with E-state index in [-0.39, 0.29) is 17.4 Å². The first kappa shape index (κ1) is 14.4. The third kappa shape index (κ3) is 3.65. The number of aliphatic hydroxyl groups excluding tert-OH is 1. The molecule has 98 valence electrons. The van der Waals surface area contributed by atoms with Gasteiger partial charge in [-0.1, -0.05) is 19.9 Å². The molecule has 1 aliphatic rings. The van der Waals surface area contributed by atoms with Gasteiger partial charge in [-0.25, -0.2) is 0 Å². The van der Waals surface area contributed by atoms with Gasteiger partial charge < -0.3 is 10.4 Å². The minimum absolute atomic E-state index is 0.0914. The van der Waals surface area contributed by atoms with E-state index in [2.05, 4.69) is 26.1 Å². The van der Waals surface area contributed by atoms with Crippen LogP contribution in [0.2, 0.25) is 0 Å². The van der Waals surface area contributed by atoms with Gasteiger partial charge in [-0.05, 0) is 38.7 Å². The molecule has 0 aromatic rings. The van der Waals surface area contributed by atoms with Crippen LogP contribution in [-0.2, 0) is 4.79 Å². The fraction of sp³-hybridized carbons (Fsp3) is 0.786. The van der Waals surface area contributed by atoms with E-state index in [0.29, 0.717) is 6.42 Å². The van der Waals surface area contributed by atoms with E-state index >= 15 is 0 Å². The van der Waals surface area contributed by atoms with Crippen LogP contribution in [0.3, 0.4) is 0 Å². The van der Waals surface area contributed by atoms with E-state index in [1.807, 2.05) is 26.8 Å². The standard InChI is InChI=1S/C14H25NO2/c1-9-7-10(15-13(2,3)4)12(17)14(5,6)8-11(9)16/h7,10,12,15,17H,8H2,1-6H3. The highest BCUT2D eigenvalue weighted by Gasteiger charge is 2.39. The maximum atomic E-state index is 11.9. The Balaban J connectivity index is 3.04. The summed E-state index contributed by atoms with van der Waals surface area (Å²) in [4.78, 5) is 11.9. The first-order valence-corrected chi connectivity index (χ1v) is 6.20. The van der Waals surface area contributed by atoms with Gasteiger partial charge in [-0.15, -0.1) is 0 Å². The smallest absolute Gasteiger partial charge is 0.158 e. The van der Waals surface area contributed by atoms with E-state index in [1.165, 1.54) is 0 Å². The van der Waals surface area contributed by atoms with Crippen molar-refractivity contribution in [1.82, 2.24) is 5.32 Å². The first-order valence-electron chi connectivity index (χ1n) is 6.20. The summed E-state index contributed by atoms with van der Waals surface area (Å²) in [5.74, 6) is 0.132. The molecule has 2 N–H and O–H groups in total. The van der Waals surface area contributed by atoms with Crippen LogP contribution >= 0.6 is 0 Å². The zero-order valence-electron chi connectivity index (χ0n) is 11.8. The number of carbonyl (C=O) groups excluding carboxylic acids is 1. The number of carbonyl (C=O) groups is 1. The SMILES string of the molecule is CC1=CC(NC(C)(C)C)C(O)C(C)(C)CC1=O. The quantitative estimate of drug-likeness (QED) is 0.736. The Kier molecular flexibility index (Phi) is 3.84. The molecule has 3 heteroatoms. The maximum absolute atomic E-state index is 11.9. The topological polar surface area (TPSA) is 49.3 Å². The summed E-state index contributed by atoms with van der Waals surface area (Å²) in [7, 11) is 0. The Morgan fingerprint density at radius 1 is 1.41 bits per heavy atom. The molecule has 0 fully saturated rings. The van der Waals surface area contributed by atoms with Gasteiger partial charge in [0, 0.05) is 12.0 Å². The molecule has 0 spiro atoms. The van der Waals surface area contributed by atoms with Crippen molar-refractivity contribution in [3.8, 4) is 0 Å². The van der Waals surface area contributed by atoms with Gasteiger partial charge >= 0.3 is 0 Å². The minimum atomic E-state index is -0.553. The number of hydrogen-bond acceptors (Lipinski definition) is 3. The van der Waals surface area contributed by atoms with Crippen molar-refractivity contribution in [2.75, 3.05) is 0 Å². The molecule has 0 aromatic heterocycles. The molecule has 0 aliphatic heterocycles. The highest BCUT2D eigenvalue weighted by atomic mass is 16.3. The Morgan fingerprint density at radius 2 is 1.94 bits per heavy atom. The molecule has 3 nitrogen and oxygen atoms in total. The van der Waals surface area contributed by atoms with Crippen molar-refractivity contribution in [2.24, 2.45) is 5.41 Å². The lowest BCUT2D eigenvalue weighted by molar-refractivity contribution is -0.118. The summed E-state index contributed by atoms with van der Waals surface area (Å²) in [6.45, 7) is 11.9. The molecular formula is C14H25NO2. The molecule has 0 saturated carbocycles. The predicted molar refractivity (Wildman–Crippen MR) is 69.8 cm³/mol. The third-order valence-corrected chi connectivity index (χ3v) is 3.23. The van der Waals surface area contributed by atoms with Gasteiger partial charge in [0.1, 0.15) is 0 Å². The molecule has 0 radical (unpaired) electrons. The molecule has 1 rings (SSSR count).